The topological polar surface area (TPSA) is 12.0 Å². The van der Waals surface area contributed by atoms with Crippen LogP contribution in [0.3, 0.4) is 0 Å². The average Bonchev–Trinajstić information content (AvgIpc) is 2.34. The van der Waals surface area contributed by atoms with Gasteiger partial charge in [0, 0.05) is 16.8 Å². The first-order valence-corrected chi connectivity index (χ1v) is 6.29. The molecule has 1 nitrogen and oxygen atoms in total. The van der Waals surface area contributed by atoms with Crippen LogP contribution in [-0.2, 0) is 0 Å². The van der Waals surface area contributed by atoms with E-state index in [1.807, 2.05) is 31.2 Å². The summed E-state index contributed by atoms with van der Waals surface area (Å²) in [6.07, 6.45) is 0. The molecule has 0 aliphatic carbocycles. The van der Waals surface area contributed by atoms with Crippen molar-refractivity contribution in [2.24, 2.45) is 0 Å². The van der Waals surface area contributed by atoms with Crippen molar-refractivity contribution in [2.75, 3.05) is 5.32 Å². The second-order valence-corrected chi connectivity index (χ2v) is 4.89. The van der Waals surface area contributed by atoms with Gasteiger partial charge < -0.3 is 5.32 Å². The Morgan fingerprint density at radius 1 is 1.11 bits per heavy atom. The molecule has 0 saturated carbocycles. The number of benzene rings is 2. The highest BCUT2D eigenvalue weighted by Crippen LogP contribution is 2.24. The average molecular weight is 284 g/mol. The molecule has 0 saturated heterocycles. The molecule has 0 spiro atoms. The van der Waals surface area contributed by atoms with E-state index in [1.54, 1.807) is 6.07 Å². The lowest BCUT2D eigenvalue weighted by atomic mass is 10.1. The zero-order valence-electron chi connectivity index (χ0n) is 9.75. The van der Waals surface area contributed by atoms with Gasteiger partial charge in [-0.25, -0.2) is 4.39 Å². The zero-order chi connectivity index (χ0) is 13.1. The third-order valence-corrected chi connectivity index (χ3v) is 3.19. The van der Waals surface area contributed by atoms with Crippen LogP contribution in [0.2, 0.25) is 10.0 Å². The molecule has 0 aliphatic rings. The van der Waals surface area contributed by atoms with Gasteiger partial charge in [-0.15, -0.1) is 0 Å². The van der Waals surface area contributed by atoms with Crippen LogP contribution in [-0.4, -0.2) is 0 Å². The van der Waals surface area contributed by atoms with Gasteiger partial charge in [0.1, 0.15) is 5.82 Å². The minimum atomic E-state index is -0.431. The van der Waals surface area contributed by atoms with Crippen molar-refractivity contribution in [2.45, 2.75) is 13.0 Å². The third-order valence-electron chi connectivity index (χ3n) is 2.65. The molecule has 0 bridgehead atoms. The number of nitrogens with one attached hydrogen (secondary N) is 1. The van der Waals surface area contributed by atoms with Gasteiger partial charge in [0.25, 0.3) is 0 Å². The van der Waals surface area contributed by atoms with Crippen LogP contribution in [0.5, 0.6) is 0 Å². The monoisotopic (exact) mass is 283 g/mol. The second-order valence-electron chi connectivity index (χ2n) is 4.05. The Morgan fingerprint density at radius 2 is 1.89 bits per heavy atom. The molecule has 0 aromatic heterocycles. The van der Waals surface area contributed by atoms with E-state index in [-0.39, 0.29) is 11.1 Å². The number of rotatable bonds is 3. The molecule has 0 amide bonds. The normalized spacial score (nSPS) is 12.2. The fourth-order valence-corrected chi connectivity index (χ4v) is 2.01. The van der Waals surface area contributed by atoms with Crippen molar-refractivity contribution in [3.05, 3.63) is 63.9 Å². The van der Waals surface area contributed by atoms with Gasteiger partial charge in [-0.3, -0.25) is 0 Å². The van der Waals surface area contributed by atoms with E-state index in [0.717, 1.165) is 5.56 Å². The zero-order valence-corrected chi connectivity index (χ0v) is 11.3. The Morgan fingerprint density at radius 3 is 2.56 bits per heavy atom. The Balaban J connectivity index is 2.16. The summed E-state index contributed by atoms with van der Waals surface area (Å²) in [6.45, 7) is 1.98. The van der Waals surface area contributed by atoms with Gasteiger partial charge in [-0.2, -0.15) is 0 Å². The van der Waals surface area contributed by atoms with Crippen LogP contribution in [0.4, 0.5) is 10.1 Å². The van der Waals surface area contributed by atoms with Crippen molar-refractivity contribution < 1.29 is 4.39 Å². The number of hydrogen-bond donors (Lipinski definition) is 1. The van der Waals surface area contributed by atoms with Crippen molar-refractivity contribution in [1.82, 2.24) is 0 Å². The summed E-state index contributed by atoms with van der Waals surface area (Å²) in [5, 5.41) is 4.00. The molecule has 2 aromatic rings. The molecule has 4 heteroatoms. The van der Waals surface area contributed by atoms with E-state index >= 15 is 0 Å². The largest absolute Gasteiger partial charge is 0.378 e. The maximum absolute atomic E-state index is 13.3. The van der Waals surface area contributed by atoms with Crippen molar-refractivity contribution in [3.63, 3.8) is 0 Å². The van der Waals surface area contributed by atoms with E-state index in [1.165, 1.54) is 12.1 Å². The van der Waals surface area contributed by atoms with Gasteiger partial charge in [-0.05, 0) is 42.8 Å². The molecular weight excluding hydrogens is 272 g/mol. The van der Waals surface area contributed by atoms with E-state index in [0.29, 0.717) is 10.7 Å². The Labute approximate surface area is 116 Å². The maximum atomic E-state index is 13.3. The molecule has 94 valence electrons. The summed E-state index contributed by atoms with van der Waals surface area (Å²) in [4.78, 5) is 0. The van der Waals surface area contributed by atoms with Crippen molar-refractivity contribution in [1.29, 1.82) is 0 Å². The highest BCUT2D eigenvalue weighted by molar-refractivity contribution is 6.31. The van der Waals surface area contributed by atoms with Gasteiger partial charge in [0.05, 0.1) is 5.02 Å². The number of hydrogen-bond acceptors (Lipinski definition) is 1. The first-order chi connectivity index (χ1) is 8.56. The first kappa shape index (κ1) is 13.2. The lowest BCUT2D eigenvalue weighted by Gasteiger charge is -2.16. The fourth-order valence-electron chi connectivity index (χ4n) is 1.70. The minimum absolute atomic E-state index is 0.0317. The van der Waals surface area contributed by atoms with E-state index < -0.39 is 5.82 Å². The lowest BCUT2D eigenvalue weighted by Crippen LogP contribution is -2.06. The predicted molar refractivity (Wildman–Crippen MR) is 74.9 cm³/mol. The Hall–Kier alpha value is -1.25. The van der Waals surface area contributed by atoms with E-state index in [2.05, 4.69) is 5.32 Å². The SMILES string of the molecule is CC(Nc1ccc(Cl)c(F)c1)c1cccc(Cl)c1. The summed E-state index contributed by atoms with van der Waals surface area (Å²) in [5.74, 6) is -0.431. The van der Waals surface area contributed by atoms with Crippen molar-refractivity contribution >= 4 is 28.9 Å². The third kappa shape index (κ3) is 3.15. The molecule has 1 atom stereocenters. The van der Waals surface area contributed by atoms with Crippen molar-refractivity contribution in [3.8, 4) is 0 Å². The Kier molecular flexibility index (Phi) is 4.10. The van der Waals surface area contributed by atoms with Crippen LogP contribution >= 0.6 is 23.2 Å². The lowest BCUT2D eigenvalue weighted by molar-refractivity contribution is 0.628. The second kappa shape index (κ2) is 5.59. The number of halogens is 3. The molecule has 0 radical (unpaired) electrons. The van der Waals surface area contributed by atoms with Crippen LogP contribution in [0.25, 0.3) is 0 Å². The molecule has 18 heavy (non-hydrogen) atoms. The Bertz CT molecular complexity index is 557. The molecular formula is C14H12Cl2FN. The quantitative estimate of drug-likeness (QED) is 0.805. The van der Waals surface area contributed by atoms with Crippen LogP contribution in [0.1, 0.15) is 18.5 Å². The predicted octanol–water partition coefficient (Wildman–Crippen LogP) is 5.31. The minimum Gasteiger partial charge on any atom is -0.378 e. The van der Waals surface area contributed by atoms with Gasteiger partial charge in [-0.1, -0.05) is 35.3 Å². The standard InChI is InChI=1S/C14H12Cl2FN/c1-9(10-3-2-4-11(15)7-10)18-12-5-6-13(16)14(17)8-12/h2-9,18H,1H3. The molecule has 0 heterocycles. The van der Waals surface area contributed by atoms with Gasteiger partial charge in [0.2, 0.25) is 0 Å². The van der Waals surface area contributed by atoms with Gasteiger partial charge in [0.15, 0.2) is 0 Å². The summed E-state index contributed by atoms with van der Waals surface area (Å²) in [5.41, 5.74) is 1.72. The van der Waals surface area contributed by atoms with Gasteiger partial charge >= 0.3 is 0 Å². The van der Waals surface area contributed by atoms with E-state index in [9.17, 15) is 4.39 Å². The molecule has 1 N–H and O–H groups in total. The summed E-state index contributed by atoms with van der Waals surface area (Å²) in [7, 11) is 0. The smallest absolute Gasteiger partial charge is 0.143 e. The fraction of sp³-hybridized carbons (Fsp3) is 0.143. The van der Waals surface area contributed by atoms with Crippen LogP contribution in [0, 0.1) is 5.82 Å². The van der Waals surface area contributed by atoms with Crippen LogP contribution < -0.4 is 5.32 Å². The summed E-state index contributed by atoms with van der Waals surface area (Å²) >= 11 is 11.6. The molecule has 2 aromatic carbocycles. The molecule has 0 fully saturated rings. The molecule has 1 unspecified atom stereocenters. The molecule has 2 rings (SSSR count). The highest BCUT2D eigenvalue weighted by atomic mass is 35.5. The van der Waals surface area contributed by atoms with Crippen LogP contribution in [0.15, 0.2) is 42.5 Å². The summed E-state index contributed by atoms with van der Waals surface area (Å²) < 4.78 is 13.3. The maximum Gasteiger partial charge on any atom is 0.143 e. The number of anilines is 1. The first-order valence-electron chi connectivity index (χ1n) is 5.53. The summed E-state index contributed by atoms with van der Waals surface area (Å²) in [6, 6.07) is 12.2. The molecule has 0 aliphatic heterocycles. The van der Waals surface area contributed by atoms with E-state index in [4.69, 9.17) is 23.2 Å². The highest BCUT2D eigenvalue weighted by Gasteiger charge is 2.07.